The summed E-state index contributed by atoms with van der Waals surface area (Å²) in [5.41, 5.74) is 0. The van der Waals surface area contributed by atoms with E-state index in [0.29, 0.717) is 6.04 Å². The molecule has 1 aliphatic heterocycles. The molecule has 0 radical (unpaired) electrons. The molecule has 0 N–H and O–H groups in total. The molecule has 0 spiro atoms. The molecule has 52 valence electrons. The molecule has 0 saturated carbocycles. The molecule has 0 atom stereocenters. The summed E-state index contributed by atoms with van der Waals surface area (Å²) in [5.74, 6) is 0. The Morgan fingerprint density at radius 3 is 2.33 bits per heavy atom. The van der Waals surface area contributed by atoms with Gasteiger partial charge in [-0.2, -0.15) is 0 Å². The Morgan fingerprint density at radius 1 is 1.44 bits per heavy atom. The van der Waals surface area contributed by atoms with Gasteiger partial charge in [0.05, 0.1) is 13.2 Å². The Balaban J connectivity index is 2.31. The van der Waals surface area contributed by atoms with Gasteiger partial charge in [0, 0.05) is 12.8 Å². The molecule has 0 amide bonds. The van der Waals surface area contributed by atoms with Gasteiger partial charge < -0.3 is 4.74 Å². The van der Waals surface area contributed by atoms with Gasteiger partial charge in [0.2, 0.25) is 0 Å². The zero-order valence-electron chi connectivity index (χ0n) is 5.97. The van der Waals surface area contributed by atoms with Gasteiger partial charge in [-0.3, -0.25) is 0 Å². The van der Waals surface area contributed by atoms with E-state index < -0.39 is 0 Å². The normalized spacial score (nSPS) is 21.9. The van der Waals surface area contributed by atoms with Crippen molar-refractivity contribution in [2.75, 3.05) is 20.3 Å². The first-order valence-corrected chi connectivity index (χ1v) is 3.42. The van der Waals surface area contributed by atoms with Crippen LogP contribution in [0.4, 0.5) is 0 Å². The molecule has 1 aliphatic rings. The van der Waals surface area contributed by atoms with Gasteiger partial charge in [-0.25, -0.2) is 4.58 Å². The van der Waals surface area contributed by atoms with Gasteiger partial charge in [-0.1, -0.05) is 0 Å². The molecular weight excluding hydrogens is 114 g/mol. The average Bonchev–Trinajstić information content (AvgIpc) is 1.90. The molecule has 0 aromatic carbocycles. The minimum absolute atomic E-state index is 0.652. The highest BCUT2D eigenvalue weighted by Crippen LogP contribution is 2.07. The first-order valence-electron chi connectivity index (χ1n) is 3.42. The first-order chi connectivity index (χ1) is 4.30. The molecule has 1 heterocycles. The maximum Gasteiger partial charge on any atom is 0.156 e. The smallest absolute Gasteiger partial charge is 0.156 e. The van der Waals surface area contributed by atoms with Crippen LogP contribution in [-0.2, 0) is 4.74 Å². The van der Waals surface area contributed by atoms with Gasteiger partial charge in [-0.05, 0) is 0 Å². The van der Waals surface area contributed by atoms with Crippen molar-refractivity contribution in [1.29, 1.82) is 0 Å². The van der Waals surface area contributed by atoms with Crippen LogP contribution in [0.2, 0.25) is 0 Å². The van der Waals surface area contributed by atoms with Crippen molar-refractivity contribution in [3.05, 3.63) is 0 Å². The summed E-state index contributed by atoms with van der Waals surface area (Å²) in [6.07, 6.45) is 2.28. The minimum atomic E-state index is 0.652. The predicted molar refractivity (Wildman–Crippen MR) is 37.1 cm³/mol. The largest absolute Gasteiger partial charge is 0.381 e. The van der Waals surface area contributed by atoms with Crippen molar-refractivity contribution in [2.24, 2.45) is 0 Å². The molecule has 0 bridgehead atoms. The topological polar surface area (TPSA) is 12.2 Å². The van der Waals surface area contributed by atoms with Gasteiger partial charge in [0.25, 0.3) is 0 Å². The Kier molecular flexibility index (Phi) is 2.22. The zero-order valence-corrected chi connectivity index (χ0v) is 5.97. The van der Waals surface area contributed by atoms with Gasteiger partial charge in [-0.15, -0.1) is 0 Å². The third-order valence-electron chi connectivity index (χ3n) is 1.81. The number of nitrogens with zero attached hydrogens (tertiary/aromatic N) is 1. The molecule has 0 aromatic heterocycles. The van der Waals surface area contributed by atoms with Crippen LogP contribution >= 0.6 is 0 Å². The lowest BCUT2D eigenvalue weighted by Crippen LogP contribution is -2.29. The van der Waals surface area contributed by atoms with E-state index in [0.717, 1.165) is 26.1 Å². The summed E-state index contributed by atoms with van der Waals surface area (Å²) in [7, 11) is 2.02. The zero-order chi connectivity index (χ0) is 6.69. The van der Waals surface area contributed by atoms with E-state index in [1.807, 2.05) is 11.6 Å². The highest BCUT2D eigenvalue weighted by molar-refractivity contribution is 5.14. The molecule has 0 aliphatic carbocycles. The van der Waals surface area contributed by atoms with Crippen molar-refractivity contribution < 1.29 is 9.31 Å². The van der Waals surface area contributed by atoms with E-state index >= 15 is 0 Å². The van der Waals surface area contributed by atoms with Crippen molar-refractivity contribution >= 4 is 6.72 Å². The summed E-state index contributed by atoms with van der Waals surface area (Å²) < 4.78 is 7.23. The third-order valence-corrected chi connectivity index (χ3v) is 1.81. The molecule has 0 aromatic rings. The number of rotatable bonds is 1. The van der Waals surface area contributed by atoms with Crippen LogP contribution < -0.4 is 0 Å². The second-order valence-electron chi connectivity index (χ2n) is 2.60. The fourth-order valence-electron chi connectivity index (χ4n) is 1.13. The maximum absolute atomic E-state index is 5.20. The Bertz CT molecular complexity index is 105. The van der Waals surface area contributed by atoms with Crippen molar-refractivity contribution in [2.45, 2.75) is 18.9 Å². The molecule has 2 heteroatoms. The van der Waals surface area contributed by atoms with Crippen molar-refractivity contribution in [3.8, 4) is 0 Å². The standard InChI is InChI=1S/C7H14NO/c1-8(2)7-3-5-9-6-4-7/h7H,1,3-6H2,2H3/q+1. The van der Waals surface area contributed by atoms with E-state index in [1.165, 1.54) is 0 Å². The lowest BCUT2D eigenvalue weighted by Gasteiger charge is -2.17. The molecule has 1 rings (SSSR count). The second kappa shape index (κ2) is 2.97. The lowest BCUT2D eigenvalue weighted by molar-refractivity contribution is -0.536. The van der Waals surface area contributed by atoms with Crippen molar-refractivity contribution in [1.82, 2.24) is 0 Å². The van der Waals surface area contributed by atoms with E-state index in [4.69, 9.17) is 4.74 Å². The van der Waals surface area contributed by atoms with Crippen molar-refractivity contribution in [3.63, 3.8) is 0 Å². The summed E-state index contributed by atoms with van der Waals surface area (Å²) in [4.78, 5) is 0. The summed E-state index contributed by atoms with van der Waals surface area (Å²) >= 11 is 0. The number of hydrogen-bond donors (Lipinski definition) is 0. The van der Waals surface area contributed by atoms with Crippen LogP contribution in [0.5, 0.6) is 0 Å². The van der Waals surface area contributed by atoms with Crippen LogP contribution in [0, 0.1) is 0 Å². The quantitative estimate of drug-likeness (QED) is 0.370. The van der Waals surface area contributed by atoms with E-state index in [2.05, 4.69) is 6.72 Å². The summed E-state index contributed by atoms with van der Waals surface area (Å²) in [6, 6.07) is 0.652. The second-order valence-corrected chi connectivity index (χ2v) is 2.60. The van der Waals surface area contributed by atoms with Gasteiger partial charge >= 0.3 is 0 Å². The molecule has 0 unspecified atom stereocenters. The minimum Gasteiger partial charge on any atom is -0.381 e. The van der Waals surface area contributed by atoms with Crippen LogP contribution in [0.15, 0.2) is 0 Å². The number of hydrogen-bond acceptors (Lipinski definition) is 1. The molecular formula is C7H14NO+. The van der Waals surface area contributed by atoms with Crippen LogP contribution in [0.1, 0.15) is 12.8 Å². The van der Waals surface area contributed by atoms with E-state index in [-0.39, 0.29) is 0 Å². The number of ether oxygens (including phenoxy) is 1. The van der Waals surface area contributed by atoms with Gasteiger partial charge in [0.15, 0.2) is 6.04 Å². The first kappa shape index (κ1) is 6.75. The average molecular weight is 128 g/mol. The van der Waals surface area contributed by atoms with E-state index in [9.17, 15) is 0 Å². The Morgan fingerprint density at radius 2 is 2.00 bits per heavy atom. The Labute approximate surface area is 56.1 Å². The third kappa shape index (κ3) is 1.79. The highest BCUT2D eigenvalue weighted by atomic mass is 16.5. The maximum atomic E-state index is 5.20. The lowest BCUT2D eigenvalue weighted by atomic mass is 10.1. The Hall–Kier alpha value is -0.370. The van der Waals surface area contributed by atoms with E-state index in [1.54, 1.807) is 0 Å². The summed E-state index contributed by atoms with van der Waals surface area (Å²) in [6.45, 7) is 5.65. The fraction of sp³-hybridized carbons (Fsp3) is 0.857. The highest BCUT2D eigenvalue weighted by Gasteiger charge is 2.18. The fourth-order valence-corrected chi connectivity index (χ4v) is 1.13. The van der Waals surface area contributed by atoms with Crippen LogP contribution in [-0.4, -0.2) is 37.6 Å². The molecule has 9 heavy (non-hydrogen) atoms. The molecule has 1 fully saturated rings. The monoisotopic (exact) mass is 128 g/mol. The summed E-state index contributed by atoms with van der Waals surface area (Å²) in [5, 5.41) is 0. The molecule has 2 nitrogen and oxygen atoms in total. The van der Waals surface area contributed by atoms with Gasteiger partial charge in [0.1, 0.15) is 13.8 Å². The van der Waals surface area contributed by atoms with Crippen LogP contribution in [0.25, 0.3) is 0 Å². The predicted octanol–water partition coefficient (Wildman–Crippen LogP) is 0.508. The molecule has 1 saturated heterocycles. The SMILES string of the molecule is C=[N+](C)C1CCOCC1. The van der Waals surface area contributed by atoms with Crippen LogP contribution in [0.3, 0.4) is 0 Å².